The van der Waals surface area contributed by atoms with Crippen molar-refractivity contribution in [1.82, 2.24) is 10.6 Å². The standard InChI is InChI=1S/C17H26N2O3/c1-18-10-7-16(20)19-13-17(8-11-22-12-9-17)14-3-5-15(21-2)6-4-14/h3-6,18H,7-13H2,1-2H3,(H,19,20). The molecule has 1 aliphatic heterocycles. The minimum absolute atomic E-state index is 0.0418. The van der Waals surface area contributed by atoms with E-state index in [1.807, 2.05) is 19.2 Å². The summed E-state index contributed by atoms with van der Waals surface area (Å²) in [6.45, 7) is 2.83. The third-order valence-electron chi connectivity index (χ3n) is 4.38. The van der Waals surface area contributed by atoms with Crippen LogP contribution in [0.4, 0.5) is 0 Å². The van der Waals surface area contributed by atoms with Crippen LogP contribution in [0, 0.1) is 0 Å². The Bertz CT molecular complexity index is 467. The molecule has 0 unspecified atom stereocenters. The zero-order valence-electron chi connectivity index (χ0n) is 13.5. The van der Waals surface area contributed by atoms with Gasteiger partial charge in [0.25, 0.3) is 0 Å². The second-order valence-electron chi connectivity index (χ2n) is 5.75. The molecule has 5 heteroatoms. The lowest BCUT2D eigenvalue weighted by Gasteiger charge is -2.38. The molecular weight excluding hydrogens is 280 g/mol. The normalized spacial score (nSPS) is 17.0. The van der Waals surface area contributed by atoms with Crippen molar-refractivity contribution in [2.45, 2.75) is 24.7 Å². The second-order valence-corrected chi connectivity index (χ2v) is 5.75. The quantitative estimate of drug-likeness (QED) is 0.801. The van der Waals surface area contributed by atoms with Crippen molar-refractivity contribution in [3.05, 3.63) is 29.8 Å². The molecule has 0 saturated carbocycles. The fourth-order valence-electron chi connectivity index (χ4n) is 2.87. The van der Waals surface area contributed by atoms with Crippen molar-refractivity contribution in [3.63, 3.8) is 0 Å². The molecule has 0 bridgehead atoms. The number of hydrogen-bond acceptors (Lipinski definition) is 4. The Hall–Kier alpha value is -1.59. The van der Waals surface area contributed by atoms with Gasteiger partial charge in [0.2, 0.25) is 5.91 Å². The highest BCUT2D eigenvalue weighted by Gasteiger charge is 2.34. The van der Waals surface area contributed by atoms with Crippen LogP contribution in [0.3, 0.4) is 0 Å². The molecule has 22 heavy (non-hydrogen) atoms. The highest BCUT2D eigenvalue weighted by molar-refractivity contribution is 5.76. The summed E-state index contributed by atoms with van der Waals surface area (Å²) in [7, 11) is 3.52. The van der Waals surface area contributed by atoms with Gasteiger partial charge in [-0.25, -0.2) is 0 Å². The number of carbonyl (C=O) groups is 1. The molecule has 0 aliphatic carbocycles. The average Bonchev–Trinajstić information content (AvgIpc) is 2.59. The monoisotopic (exact) mass is 306 g/mol. The first-order valence-corrected chi connectivity index (χ1v) is 7.84. The van der Waals surface area contributed by atoms with Gasteiger partial charge in [0.1, 0.15) is 5.75 Å². The maximum Gasteiger partial charge on any atom is 0.221 e. The predicted octanol–water partition coefficient (Wildman–Crippen LogP) is 1.47. The van der Waals surface area contributed by atoms with Gasteiger partial charge in [0.15, 0.2) is 0 Å². The second kappa shape index (κ2) is 8.15. The first-order chi connectivity index (χ1) is 10.7. The fourth-order valence-corrected chi connectivity index (χ4v) is 2.87. The first kappa shape index (κ1) is 16.8. The Morgan fingerprint density at radius 1 is 1.27 bits per heavy atom. The van der Waals surface area contributed by atoms with Crippen LogP contribution >= 0.6 is 0 Å². The first-order valence-electron chi connectivity index (χ1n) is 7.84. The SMILES string of the molecule is CNCCC(=O)NCC1(c2ccc(OC)cc2)CCOCC1. The molecule has 1 aliphatic rings. The Morgan fingerprint density at radius 3 is 2.55 bits per heavy atom. The van der Waals surface area contributed by atoms with Crippen LogP contribution in [0.5, 0.6) is 5.75 Å². The summed E-state index contributed by atoms with van der Waals surface area (Å²) in [4.78, 5) is 11.9. The van der Waals surface area contributed by atoms with Crippen LogP contribution in [0.2, 0.25) is 0 Å². The molecule has 1 saturated heterocycles. The number of hydrogen-bond donors (Lipinski definition) is 2. The van der Waals surface area contributed by atoms with E-state index in [1.165, 1.54) is 5.56 Å². The van der Waals surface area contributed by atoms with Gasteiger partial charge in [-0.15, -0.1) is 0 Å². The largest absolute Gasteiger partial charge is 0.497 e. The van der Waals surface area contributed by atoms with Crippen LogP contribution in [0.25, 0.3) is 0 Å². The van der Waals surface area contributed by atoms with Crippen LogP contribution in [0.1, 0.15) is 24.8 Å². The zero-order chi connectivity index (χ0) is 15.8. The molecule has 1 amide bonds. The highest BCUT2D eigenvalue weighted by atomic mass is 16.5. The minimum atomic E-state index is -0.0418. The smallest absolute Gasteiger partial charge is 0.221 e. The molecule has 1 aromatic carbocycles. The summed E-state index contributed by atoms with van der Waals surface area (Å²) in [5.41, 5.74) is 1.20. The van der Waals surface area contributed by atoms with Gasteiger partial charge in [-0.3, -0.25) is 4.79 Å². The van der Waals surface area contributed by atoms with Crippen molar-refractivity contribution >= 4 is 5.91 Å². The van der Waals surface area contributed by atoms with E-state index in [0.717, 1.165) is 31.8 Å². The number of methoxy groups -OCH3 is 1. The maximum absolute atomic E-state index is 11.9. The zero-order valence-corrected chi connectivity index (χ0v) is 13.5. The Kier molecular flexibility index (Phi) is 6.21. The van der Waals surface area contributed by atoms with Crippen molar-refractivity contribution in [2.24, 2.45) is 0 Å². The number of carbonyl (C=O) groups excluding carboxylic acids is 1. The van der Waals surface area contributed by atoms with Crippen molar-refractivity contribution < 1.29 is 14.3 Å². The van der Waals surface area contributed by atoms with Crippen molar-refractivity contribution in [3.8, 4) is 5.75 Å². The van der Waals surface area contributed by atoms with Gasteiger partial charge < -0.3 is 20.1 Å². The van der Waals surface area contributed by atoms with E-state index in [0.29, 0.717) is 19.5 Å². The number of nitrogens with one attached hydrogen (secondary N) is 2. The summed E-state index contributed by atoms with van der Waals surface area (Å²) in [5.74, 6) is 0.942. The summed E-state index contributed by atoms with van der Waals surface area (Å²) in [5, 5.41) is 6.09. The third kappa shape index (κ3) is 4.21. The summed E-state index contributed by atoms with van der Waals surface area (Å²) >= 11 is 0. The molecule has 1 fully saturated rings. The lowest BCUT2D eigenvalue weighted by molar-refractivity contribution is -0.121. The number of ether oxygens (including phenoxy) is 2. The molecule has 1 heterocycles. The van der Waals surface area contributed by atoms with E-state index in [4.69, 9.17) is 9.47 Å². The molecule has 2 N–H and O–H groups in total. The molecule has 1 aromatic rings. The van der Waals surface area contributed by atoms with Crippen molar-refractivity contribution in [1.29, 1.82) is 0 Å². The molecule has 0 aromatic heterocycles. The molecule has 0 spiro atoms. The maximum atomic E-state index is 11.9. The fraction of sp³-hybridized carbons (Fsp3) is 0.588. The number of benzene rings is 1. The lowest BCUT2D eigenvalue weighted by atomic mass is 9.74. The van der Waals surface area contributed by atoms with Crippen molar-refractivity contribution in [2.75, 3.05) is 40.5 Å². The molecule has 2 rings (SSSR count). The Balaban J connectivity index is 2.07. The number of rotatable bonds is 7. The molecule has 0 radical (unpaired) electrons. The van der Waals surface area contributed by atoms with E-state index < -0.39 is 0 Å². The highest BCUT2D eigenvalue weighted by Crippen LogP contribution is 2.35. The average molecular weight is 306 g/mol. The van der Waals surface area contributed by atoms with Crippen LogP contribution < -0.4 is 15.4 Å². The molecular formula is C17H26N2O3. The van der Waals surface area contributed by atoms with E-state index >= 15 is 0 Å². The van der Waals surface area contributed by atoms with Gasteiger partial charge in [-0.05, 0) is 37.6 Å². The van der Waals surface area contributed by atoms with E-state index in [-0.39, 0.29) is 11.3 Å². The predicted molar refractivity (Wildman–Crippen MR) is 86.3 cm³/mol. The van der Waals surface area contributed by atoms with E-state index in [9.17, 15) is 4.79 Å². The topological polar surface area (TPSA) is 59.6 Å². The Morgan fingerprint density at radius 2 is 1.95 bits per heavy atom. The molecule has 122 valence electrons. The van der Waals surface area contributed by atoms with Crippen LogP contribution in [0.15, 0.2) is 24.3 Å². The summed E-state index contributed by atoms with van der Waals surface area (Å²) in [6.07, 6.45) is 2.35. The minimum Gasteiger partial charge on any atom is -0.497 e. The third-order valence-corrected chi connectivity index (χ3v) is 4.38. The lowest BCUT2D eigenvalue weighted by Crippen LogP contribution is -2.44. The summed E-state index contributed by atoms with van der Waals surface area (Å²) in [6, 6.07) is 8.17. The van der Waals surface area contributed by atoms with Gasteiger partial charge in [0.05, 0.1) is 7.11 Å². The summed E-state index contributed by atoms with van der Waals surface area (Å²) < 4.78 is 10.7. The molecule has 0 atom stereocenters. The van der Waals surface area contributed by atoms with Gasteiger partial charge in [0, 0.05) is 38.1 Å². The van der Waals surface area contributed by atoms with Gasteiger partial charge in [-0.2, -0.15) is 0 Å². The van der Waals surface area contributed by atoms with Crippen LogP contribution in [-0.4, -0.2) is 46.4 Å². The van der Waals surface area contributed by atoms with Crippen LogP contribution in [-0.2, 0) is 14.9 Å². The Labute approximate surface area is 132 Å². The van der Waals surface area contributed by atoms with Gasteiger partial charge >= 0.3 is 0 Å². The number of amides is 1. The van der Waals surface area contributed by atoms with E-state index in [2.05, 4.69) is 22.8 Å². The molecule has 5 nitrogen and oxygen atoms in total. The van der Waals surface area contributed by atoms with Gasteiger partial charge in [-0.1, -0.05) is 12.1 Å². The van der Waals surface area contributed by atoms with E-state index in [1.54, 1.807) is 7.11 Å².